The zero-order valence-corrected chi connectivity index (χ0v) is 20.4. The number of carbonyl (C=O) groups is 2. The molecule has 0 radical (unpaired) electrons. The highest BCUT2D eigenvalue weighted by Gasteiger charge is 2.21. The van der Waals surface area contributed by atoms with Gasteiger partial charge in [-0.1, -0.05) is 50.6 Å². The molecule has 0 aliphatic rings. The van der Waals surface area contributed by atoms with Crippen molar-refractivity contribution in [1.29, 1.82) is 0 Å². The summed E-state index contributed by atoms with van der Waals surface area (Å²) in [5.74, 6) is 1.39. The van der Waals surface area contributed by atoms with E-state index in [2.05, 4.69) is 10.6 Å². The van der Waals surface area contributed by atoms with Crippen LogP contribution in [-0.2, 0) is 4.79 Å². The van der Waals surface area contributed by atoms with Gasteiger partial charge in [0.05, 0.1) is 0 Å². The molecule has 0 unspecified atom stereocenters. The lowest BCUT2D eigenvalue weighted by molar-refractivity contribution is -0.128. The molecular weight excluding hydrogens is 450 g/mol. The van der Waals surface area contributed by atoms with Gasteiger partial charge in [0.25, 0.3) is 0 Å². The minimum atomic E-state index is -0.458. The maximum atomic E-state index is 13.1. The van der Waals surface area contributed by atoms with Gasteiger partial charge in [0, 0.05) is 34.9 Å². The number of rotatable bonds is 8. The molecule has 178 valence electrons. The third kappa shape index (κ3) is 7.52. The smallest absolute Gasteiger partial charge is 0.326 e. The van der Waals surface area contributed by atoms with Crippen molar-refractivity contribution in [3.05, 3.63) is 83.9 Å². The summed E-state index contributed by atoms with van der Waals surface area (Å²) in [7, 11) is 0. The largest absolute Gasteiger partial charge is 0.457 e. The summed E-state index contributed by atoms with van der Waals surface area (Å²) in [6, 6.07) is 23.5. The molecule has 0 heterocycles. The molecule has 0 spiro atoms. The maximum Gasteiger partial charge on any atom is 0.326 e. The highest BCUT2D eigenvalue weighted by atomic mass is 35.5. The van der Waals surface area contributed by atoms with Crippen molar-refractivity contribution in [2.75, 3.05) is 23.3 Å². The van der Waals surface area contributed by atoms with Crippen LogP contribution in [0.1, 0.15) is 27.2 Å². The lowest BCUT2D eigenvalue weighted by atomic mass is 9.96. The van der Waals surface area contributed by atoms with Crippen LogP contribution in [-0.4, -0.2) is 25.0 Å². The molecule has 0 atom stereocenters. The van der Waals surface area contributed by atoms with Crippen LogP contribution in [0.4, 0.5) is 16.2 Å². The van der Waals surface area contributed by atoms with Crippen molar-refractivity contribution >= 4 is 34.9 Å². The molecule has 0 aliphatic heterocycles. The third-order valence-electron chi connectivity index (χ3n) is 4.99. The summed E-state index contributed by atoms with van der Waals surface area (Å²) < 4.78 is 5.86. The number of halogens is 1. The van der Waals surface area contributed by atoms with Gasteiger partial charge in [-0.15, -0.1) is 0 Å². The number of hydrogen-bond acceptors (Lipinski definition) is 3. The monoisotopic (exact) mass is 479 g/mol. The summed E-state index contributed by atoms with van der Waals surface area (Å²) in [6.45, 7) is 6.49. The van der Waals surface area contributed by atoms with Crippen molar-refractivity contribution < 1.29 is 14.3 Å². The first-order chi connectivity index (χ1) is 16.2. The van der Waals surface area contributed by atoms with E-state index in [1.807, 2.05) is 75.4 Å². The first kappa shape index (κ1) is 25.1. The summed E-state index contributed by atoms with van der Waals surface area (Å²) in [5, 5.41) is 6.43. The normalized spacial score (nSPS) is 10.9. The number of nitrogens with one attached hydrogen (secondary N) is 2. The van der Waals surface area contributed by atoms with Crippen LogP contribution in [0.5, 0.6) is 11.5 Å². The first-order valence-electron chi connectivity index (χ1n) is 11.2. The molecule has 0 saturated heterocycles. The van der Waals surface area contributed by atoms with E-state index in [-0.39, 0.29) is 11.9 Å². The van der Waals surface area contributed by atoms with Gasteiger partial charge >= 0.3 is 6.03 Å². The maximum absolute atomic E-state index is 13.1. The van der Waals surface area contributed by atoms with E-state index >= 15 is 0 Å². The SMILES string of the molecule is CC(C)(C)C(=O)NCCCN(C(=O)Nc1ccc(Cl)cc1)c1ccc(Oc2ccccc2)cc1. The Morgan fingerprint density at radius 1 is 0.882 bits per heavy atom. The summed E-state index contributed by atoms with van der Waals surface area (Å²) in [4.78, 5) is 26.9. The molecule has 0 aromatic heterocycles. The fraction of sp³-hybridized carbons (Fsp3) is 0.259. The Kier molecular flexibility index (Phi) is 8.55. The van der Waals surface area contributed by atoms with Crippen LogP contribution in [0.3, 0.4) is 0 Å². The topological polar surface area (TPSA) is 70.7 Å². The Morgan fingerprint density at radius 3 is 2.12 bits per heavy atom. The highest BCUT2D eigenvalue weighted by molar-refractivity contribution is 6.30. The summed E-state index contributed by atoms with van der Waals surface area (Å²) >= 11 is 5.95. The van der Waals surface area contributed by atoms with Crippen LogP contribution < -0.4 is 20.3 Å². The van der Waals surface area contributed by atoms with Gasteiger partial charge in [-0.2, -0.15) is 0 Å². The molecule has 0 saturated carbocycles. The van der Waals surface area contributed by atoms with E-state index in [0.29, 0.717) is 41.7 Å². The number of benzene rings is 3. The average Bonchev–Trinajstić information content (AvgIpc) is 2.81. The Balaban J connectivity index is 1.70. The zero-order chi connectivity index (χ0) is 24.6. The van der Waals surface area contributed by atoms with Crippen LogP contribution in [0.25, 0.3) is 0 Å². The van der Waals surface area contributed by atoms with Crippen LogP contribution in [0.15, 0.2) is 78.9 Å². The van der Waals surface area contributed by atoms with Gasteiger partial charge < -0.3 is 15.4 Å². The van der Waals surface area contributed by atoms with E-state index in [0.717, 1.165) is 5.75 Å². The Bertz CT molecular complexity index is 1080. The van der Waals surface area contributed by atoms with Crippen molar-refractivity contribution in [1.82, 2.24) is 5.32 Å². The molecule has 7 heteroatoms. The zero-order valence-electron chi connectivity index (χ0n) is 19.7. The summed E-state index contributed by atoms with van der Waals surface area (Å²) in [5.41, 5.74) is 0.902. The molecule has 3 aromatic carbocycles. The van der Waals surface area contributed by atoms with Crippen LogP contribution in [0.2, 0.25) is 5.02 Å². The van der Waals surface area contributed by atoms with Crippen molar-refractivity contribution in [3.8, 4) is 11.5 Å². The molecule has 6 nitrogen and oxygen atoms in total. The van der Waals surface area contributed by atoms with Crippen molar-refractivity contribution in [3.63, 3.8) is 0 Å². The quantitative estimate of drug-likeness (QED) is 0.352. The van der Waals surface area contributed by atoms with Crippen LogP contribution in [0, 0.1) is 5.41 Å². The van der Waals surface area contributed by atoms with Gasteiger partial charge in [0.2, 0.25) is 5.91 Å². The number of urea groups is 1. The molecule has 3 aromatic rings. The Hall–Kier alpha value is -3.51. The molecule has 3 rings (SSSR count). The first-order valence-corrected chi connectivity index (χ1v) is 11.6. The van der Waals surface area contributed by atoms with E-state index in [9.17, 15) is 9.59 Å². The number of hydrogen-bond donors (Lipinski definition) is 2. The van der Waals surface area contributed by atoms with E-state index in [1.54, 1.807) is 29.2 Å². The minimum absolute atomic E-state index is 0.0212. The summed E-state index contributed by atoms with van der Waals surface area (Å²) in [6.07, 6.45) is 0.595. The second kappa shape index (κ2) is 11.6. The lowest BCUT2D eigenvalue weighted by Crippen LogP contribution is -2.39. The number of ether oxygens (including phenoxy) is 1. The van der Waals surface area contributed by atoms with E-state index in [4.69, 9.17) is 16.3 Å². The number of amides is 3. The average molecular weight is 480 g/mol. The molecule has 2 N–H and O–H groups in total. The Morgan fingerprint density at radius 2 is 1.50 bits per heavy atom. The standard InChI is InChI=1S/C27H30ClN3O3/c1-27(2,3)25(32)29-18-7-19-31(26(33)30-21-12-10-20(28)11-13-21)22-14-16-24(17-15-22)34-23-8-5-4-6-9-23/h4-6,8-17H,7,18-19H2,1-3H3,(H,29,32)(H,30,33). The van der Waals surface area contributed by atoms with Crippen molar-refractivity contribution in [2.45, 2.75) is 27.2 Å². The van der Waals surface area contributed by atoms with Crippen molar-refractivity contribution in [2.24, 2.45) is 5.41 Å². The van der Waals surface area contributed by atoms with E-state index < -0.39 is 5.41 Å². The predicted molar refractivity (Wildman–Crippen MR) is 138 cm³/mol. The lowest BCUT2D eigenvalue weighted by Gasteiger charge is -2.24. The molecule has 34 heavy (non-hydrogen) atoms. The predicted octanol–water partition coefficient (Wildman–Crippen LogP) is 6.72. The number of anilines is 2. The third-order valence-corrected chi connectivity index (χ3v) is 5.25. The Labute approximate surface area is 205 Å². The molecular formula is C27H30ClN3O3. The molecule has 0 fully saturated rings. The fourth-order valence-electron chi connectivity index (χ4n) is 3.10. The van der Waals surface area contributed by atoms with Gasteiger partial charge in [-0.25, -0.2) is 4.79 Å². The second-order valence-electron chi connectivity index (χ2n) is 8.86. The van der Waals surface area contributed by atoms with Gasteiger partial charge in [0.1, 0.15) is 11.5 Å². The van der Waals surface area contributed by atoms with Crippen LogP contribution >= 0.6 is 11.6 Å². The minimum Gasteiger partial charge on any atom is -0.457 e. The molecule has 0 bridgehead atoms. The number of carbonyl (C=O) groups excluding carboxylic acids is 2. The van der Waals surface area contributed by atoms with Gasteiger partial charge in [0.15, 0.2) is 0 Å². The van der Waals surface area contributed by atoms with Gasteiger partial charge in [-0.05, 0) is 67.1 Å². The molecule has 0 aliphatic carbocycles. The number of nitrogens with zero attached hydrogens (tertiary/aromatic N) is 1. The van der Waals surface area contributed by atoms with E-state index in [1.165, 1.54) is 0 Å². The fourth-order valence-corrected chi connectivity index (χ4v) is 3.22. The highest BCUT2D eigenvalue weighted by Crippen LogP contribution is 2.25. The molecule has 3 amide bonds. The second-order valence-corrected chi connectivity index (χ2v) is 9.29. The van der Waals surface area contributed by atoms with Gasteiger partial charge in [-0.3, -0.25) is 9.69 Å². The number of para-hydroxylation sites is 1.